The summed E-state index contributed by atoms with van der Waals surface area (Å²) >= 11 is 0. The van der Waals surface area contributed by atoms with Crippen molar-refractivity contribution in [3.63, 3.8) is 0 Å². The van der Waals surface area contributed by atoms with Crippen LogP contribution in [0.1, 0.15) is 39.3 Å². The molecule has 0 aliphatic carbocycles. The predicted molar refractivity (Wildman–Crippen MR) is 62.0 cm³/mol. The monoisotopic (exact) mass is 222 g/mol. The Morgan fingerprint density at radius 1 is 1.38 bits per heavy atom. The van der Waals surface area contributed by atoms with Crippen LogP contribution in [0.2, 0.25) is 0 Å². The Kier molecular flexibility index (Phi) is 3.88. The second-order valence-electron chi connectivity index (χ2n) is 4.65. The number of hydrogen-bond donors (Lipinski definition) is 1. The number of pyridine rings is 1. The van der Waals surface area contributed by atoms with Gasteiger partial charge in [0.25, 0.3) is 0 Å². The van der Waals surface area contributed by atoms with E-state index in [0.717, 1.165) is 5.56 Å². The zero-order valence-electron chi connectivity index (χ0n) is 10.2. The molecule has 88 valence electrons. The van der Waals surface area contributed by atoms with Crippen molar-refractivity contribution in [1.29, 1.82) is 0 Å². The lowest BCUT2D eigenvalue weighted by Gasteiger charge is -2.22. The van der Waals surface area contributed by atoms with Crippen LogP contribution in [0.4, 0.5) is 4.79 Å². The van der Waals surface area contributed by atoms with Crippen LogP contribution in [-0.2, 0) is 4.74 Å². The molecule has 4 nitrogen and oxygen atoms in total. The molecule has 0 aromatic carbocycles. The first-order valence-electron chi connectivity index (χ1n) is 5.28. The van der Waals surface area contributed by atoms with Crippen molar-refractivity contribution in [1.82, 2.24) is 10.3 Å². The minimum atomic E-state index is -0.470. The highest BCUT2D eigenvalue weighted by molar-refractivity contribution is 5.68. The molecule has 0 unspecified atom stereocenters. The first-order chi connectivity index (χ1) is 7.38. The molecule has 1 rings (SSSR count). The Bertz CT molecular complexity index is 344. The maximum atomic E-state index is 11.5. The zero-order valence-corrected chi connectivity index (χ0v) is 10.2. The van der Waals surface area contributed by atoms with E-state index in [1.54, 1.807) is 12.4 Å². The molecule has 16 heavy (non-hydrogen) atoms. The largest absolute Gasteiger partial charge is 0.444 e. The first-order valence-corrected chi connectivity index (χ1v) is 5.28. The first kappa shape index (κ1) is 12.5. The Morgan fingerprint density at radius 3 is 2.44 bits per heavy atom. The maximum absolute atomic E-state index is 11.5. The Morgan fingerprint density at radius 2 is 1.94 bits per heavy atom. The smallest absolute Gasteiger partial charge is 0.408 e. The summed E-state index contributed by atoms with van der Waals surface area (Å²) in [4.78, 5) is 15.4. The van der Waals surface area contributed by atoms with E-state index in [2.05, 4.69) is 10.3 Å². The van der Waals surface area contributed by atoms with Gasteiger partial charge >= 0.3 is 6.09 Å². The van der Waals surface area contributed by atoms with E-state index in [0.29, 0.717) is 0 Å². The molecule has 0 aliphatic rings. The van der Waals surface area contributed by atoms with Crippen LogP contribution in [-0.4, -0.2) is 16.7 Å². The molecule has 0 radical (unpaired) electrons. The number of hydrogen-bond acceptors (Lipinski definition) is 3. The number of carbonyl (C=O) groups is 1. The molecule has 0 bridgehead atoms. The number of aromatic nitrogens is 1. The van der Waals surface area contributed by atoms with Crippen LogP contribution in [0.15, 0.2) is 24.5 Å². The summed E-state index contributed by atoms with van der Waals surface area (Å²) in [5, 5.41) is 2.76. The minimum absolute atomic E-state index is 0.0853. The van der Waals surface area contributed by atoms with Crippen molar-refractivity contribution in [2.24, 2.45) is 0 Å². The minimum Gasteiger partial charge on any atom is -0.444 e. The van der Waals surface area contributed by atoms with Crippen LogP contribution < -0.4 is 5.32 Å². The van der Waals surface area contributed by atoms with Crippen molar-refractivity contribution in [3.8, 4) is 0 Å². The summed E-state index contributed by atoms with van der Waals surface area (Å²) in [6.45, 7) is 7.41. The van der Waals surface area contributed by atoms with E-state index in [9.17, 15) is 4.79 Å². The van der Waals surface area contributed by atoms with E-state index in [4.69, 9.17) is 4.74 Å². The van der Waals surface area contributed by atoms with E-state index in [1.165, 1.54) is 0 Å². The number of ether oxygens (including phenoxy) is 1. The summed E-state index contributed by atoms with van der Waals surface area (Å²) in [5.74, 6) is 0. The van der Waals surface area contributed by atoms with Gasteiger partial charge in [0.15, 0.2) is 0 Å². The van der Waals surface area contributed by atoms with Gasteiger partial charge in [-0.15, -0.1) is 0 Å². The molecule has 1 aromatic heterocycles. The van der Waals surface area contributed by atoms with Crippen LogP contribution in [0, 0.1) is 0 Å². The van der Waals surface area contributed by atoms with Crippen LogP contribution in [0.3, 0.4) is 0 Å². The fourth-order valence-electron chi connectivity index (χ4n) is 1.22. The fraction of sp³-hybridized carbons (Fsp3) is 0.500. The molecule has 1 heterocycles. The number of carbonyl (C=O) groups excluding carboxylic acids is 1. The molecule has 4 heteroatoms. The third kappa shape index (κ3) is 4.29. The maximum Gasteiger partial charge on any atom is 0.408 e. The molecule has 0 fully saturated rings. The van der Waals surface area contributed by atoms with Gasteiger partial charge in [0.1, 0.15) is 5.60 Å². The molecule has 1 amide bonds. The van der Waals surface area contributed by atoms with Crippen molar-refractivity contribution in [3.05, 3.63) is 30.1 Å². The molecule has 1 aromatic rings. The highest BCUT2D eigenvalue weighted by Gasteiger charge is 2.17. The predicted octanol–water partition coefficient (Wildman–Crippen LogP) is 2.67. The zero-order chi connectivity index (χ0) is 12.2. The lowest BCUT2D eigenvalue weighted by atomic mass is 10.1. The van der Waals surface area contributed by atoms with Gasteiger partial charge in [0.05, 0.1) is 6.04 Å². The number of nitrogens with one attached hydrogen (secondary N) is 1. The van der Waals surface area contributed by atoms with Crippen LogP contribution in [0.5, 0.6) is 0 Å². The molecule has 0 spiro atoms. The molecular formula is C12H18N2O2. The second kappa shape index (κ2) is 4.96. The summed E-state index contributed by atoms with van der Waals surface area (Å²) in [7, 11) is 0. The number of nitrogens with zero attached hydrogens (tertiary/aromatic N) is 1. The lowest BCUT2D eigenvalue weighted by Crippen LogP contribution is -2.34. The van der Waals surface area contributed by atoms with E-state index in [1.807, 2.05) is 39.8 Å². The third-order valence-corrected chi connectivity index (χ3v) is 1.94. The van der Waals surface area contributed by atoms with Gasteiger partial charge in [-0.25, -0.2) is 4.79 Å². The Labute approximate surface area is 96.0 Å². The standard InChI is InChI=1S/C12H18N2O2/c1-9(10-5-7-13-8-6-10)14-11(15)16-12(2,3)4/h5-9H,1-4H3,(H,14,15)/t9-/m1/s1. The van der Waals surface area contributed by atoms with Gasteiger partial charge in [-0.1, -0.05) is 0 Å². The Hall–Kier alpha value is -1.58. The van der Waals surface area contributed by atoms with Crippen molar-refractivity contribution >= 4 is 6.09 Å². The number of rotatable bonds is 2. The van der Waals surface area contributed by atoms with Gasteiger partial charge in [0.2, 0.25) is 0 Å². The van der Waals surface area contributed by atoms with E-state index < -0.39 is 11.7 Å². The SMILES string of the molecule is C[C@@H](NC(=O)OC(C)(C)C)c1ccncc1. The summed E-state index contributed by atoms with van der Waals surface area (Å²) in [6.07, 6.45) is 2.99. The summed E-state index contributed by atoms with van der Waals surface area (Å²) < 4.78 is 5.16. The quantitative estimate of drug-likeness (QED) is 0.837. The summed E-state index contributed by atoms with van der Waals surface area (Å²) in [6, 6.07) is 3.64. The third-order valence-electron chi connectivity index (χ3n) is 1.94. The molecule has 0 aliphatic heterocycles. The van der Waals surface area contributed by atoms with Crippen LogP contribution in [0.25, 0.3) is 0 Å². The van der Waals surface area contributed by atoms with Crippen molar-refractivity contribution in [2.45, 2.75) is 39.3 Å². The van der Waals surface area contributed by atoms with Crippen molar-refractivity contribution < 1.29 is 9.53 Å². The average molecular weight is 222 g/mol. The molecular weight excluding hydrogens is 204 g/mol. The molecule has 1 atom stereocenters. The van der Waals surface area contributed by atoms with Crippen molar-refractivity contribution in [2.75, 3.05) is 0 Å². The normalized spacial score (nSPS) is 13.0. The van der Waals surface area contributed by atoms with Gasteiger partial charge in [0, 0.05) is 12.4 Å². The number of amides is 1. The van der Waals surface area contributed by atoms with Gasteiger partial charge in [-0.2, -0.15) is 0 Å². The van der Waals surface area contributed by atoms with Gasteiger partial charge in [-0.3, -0.25) is 4.98 Å². The van der Waals surface area contributed by atoms with E-state index >= 15 is 0 Å². The molecule has 0 saturated heterocycles. The second-order valence-corrected chi connectivity index (χ2v) is 4.65. The fourth-order valence-corrected chi connectivity index (χ4v) is 1.22. The molecule has 1 N–H and O–H groups in total. The number of alkyl carbamates (subject to hydrolysis) is 1. The average Bonchev–Trinajstić information content (AvgIpc) is 2.16. The van der Waals surface area contributed by atoms with Gasteiger partial charge < -0.3 is 10.1 Å². The lowest BCUT2D eigenvalue weighted by molar-refractivity contribution is 0.0508. The highest BCUT2D eigenvalue weighted by atomic mass is 16.6. The van der Waals surface area contributed by atoms with E-state index in [-0.39, 0.29) is 6.04 Å². The van der Waals surface area contributed by atoms with Gasteiger partial charge in [-0.05, 0) is 45.4 Å². The Balaban J connectivity index is 2.52. The highest BCUT2D eigenvalue weighted by Crippen LogP contribution is 2.12. The molecule has 0 saturated carbocycles. The van der Waals surface area contributed by atoms with Crippen LogP contribution >= 0.6 is 0 Å². The topological polar surface area (TPSA) is 51.2 Å². The summed E-state index contributed by atoms with van der Waals surface area (Å²) in [5.41, 5.74) is 0.531.